The minimum atomic E-state index is -0.654. The van der Waals surface area contributed by atoms with Crippen molar-refractivity contribution in [1.82, 2.24) is 10.2 Å². The molecule has 0 atom stereocenters. The molecule has 3 rings (SSSR count). The third kappa shape index (κ3) is 3.98. The maximum absolute atomic E-state index is 13.9. The Morgan fingerprint density at radius 1 is 0.741 bits per heavy atom. The molecule has 0 bridgehead atoms. The predicted molar refractivity (Wildman–Crippen MR) is 96.9 cm³/mol. The van der Waals surface area contributed by atoms with Crippen LogP contribution in [0.1, 0.15) is 28.1 Å². The summed E-state index contributed by atoms with van der Waals surface area (Å²) in [5.74, 6) is -2.61. The number of benzene rings is 2. The first kappa shape index (κ1) is 19.4. The molecule has 0 saturated heterocycles. The molecule has 0 amide bonds. The first-order valence-electron chi connectivity index (χ1n) is 8.17. The second kappa shape index (κ2) is 8.08. The molecule has 1 heterocycles. The van der Waals surface area contributed by atoms with Gasteiger partial charge in [-0.1, -0.05) is 12.1 Å². The van der Waals surface area contributed by atoms with Crippen LogP contribution in [0.2, 0.25) is 0 Å². The molecule has 0 fully saturated rings. The summed E-state index contributed by atoms with van der Waals surface area (Å²) in [6.07, 6.45) is 1.69. The van der Waals surface area contributed by atoms with E-state index in [0.29, 0.717) is 21.8 Å². The maximum Gasteiger partial charge on any atom is 0.129 e. The van der Waals surface area contributed by atoms with Crippen LogP contribution >= 0.6 is 11.8 Å². The summed E-state index contributed by atoms with van der Waals surface area (Å²) in [5.41, 5.74) is 1.35. The first-order chi connectivity index (χ1) is 12.9. The standard InChI is InChI=1S/C20H16F4N2S/c1-11-18(9-12-14(21)5-3-6-15(12)22)25-26-19(20(11)27-2)10-13-16(23)7-4-8-17(13)24/h3-8H,9-10H2,1-2H3. The molecule has 0 N–H and O–H groups in total. The Labute approximate surface area is 158 Å². The van der Waals surface area contributed by atoms with Crippen LogP contribution in [-0.4, -0.2) is 16.5 Å². The number of rotatable bonds is 5. The molecule has 0 spiro atoms. The minimum absolute atomic E-state index is 0.0563. The van der Waals surface area contributed by atoms with Gasteiger partial charge in [-0.25, -0.2) is 17.6 Å². The Bertz CT molecular complexity index is 951. The van der Waals surface area contributed by atoms with E-state index in [4.69, 9.17) is 0 Å². The lowest BCUT2D eigenvalue weighted by atomic mass is 10.0. The van der Waals surface area contributed by atoms with E-state index in [9.17, 15) is 17.6 Å². The summed E-state index contributed by atoms with van der Waals surface area (Å²) in [5, 5.41) is 8.17. The molecule has 0 aliphatic rings. The van der Waals surface area contributed by atoms with Gasteiger partial charge in [0.05, 0.1) is 11.4 Å². The monoisotopic (exact) mass is 392 g/mol. The van der Waals surface area contributed by atoms with E-state index >= 15 is 0 Å². The summed E-state index contributed by atoms with van der Waals surface area (Å²) in [4.78, 5) is 0.694. The molecule has 140 valence electrons. The molecule has 2 nitrogen and oxygen atoms in total. The second-order valence-corrected chi connectivity index (χ2v) is 6.82. The molecule has 0 aliphatic carbocycles. The average molecular weight is 392 g/mol. The Balaban J connectivity index is 1.99. The highest BCUT2D eigenvalue weighted by molar-refractivity contribution is 7.98. The molecule has 0 aliphatic heterocycles. The molecule has 7 heteroatoms. The van der Waals surface area contributed by atoms with Crippen LogP contribution in [0.15, 0.2) is 41.3 Å². The van der Waals surface area contributed by atoms with Crippen molar-refractivity contribution in [3.8, 4) is 0 Å². The highest BCUT2D eigenvalue weighted by Crippen LogP contribution is 2.29. The lowest BCUT2D eigenvalue weighted by Gasteiger charge is -2.14. The Morgan fingerprint density at radius 3 is 1.59 bits per heavy atom. The van der Waals surface area contributed by atoms with Crippen LogP contribution in [-0.2, 0) is 12.8 Å². The van der Waals surface area contributed by atoms with Gasteiger partial charge in [-0.3, -0.25) is 0 Å². The normalized spacial score (nSPS) is 11.0. The highest BCUT2D eigenvalue weighted by Gasteiger charge is 2.19. The Kier molecular flexibility index (Phi) is 5.79. The zero-order valence-corrected chi connectivity index (χ0v) is 15.5. The van der Waals surface area contributed by atoms with Crippen LogP contribution in [0.5, 0.6) is 0 Å². The fraction of sp³-hybridized carbons (Fsp3) is 0.200. The Hall–Kier alpha value is -2.41. The number of aromatic nitrogens is 2. The van der Waals surface area contributed by atoms with Gasteiger partial charge in [-0.2, -0.15) is 10.2 Å². The summed E-state index contributed by atoms with van der Waals surface area (Å²) >= 11 is 1.35. The van der Waals surface area contributed by atoms with Crippen molar-refractivity contribution in [2.75, 3.05) is 6.26 Å². The van der Waals surface area contributed by atoms with Gasteiger partial charge in [0.2, 0.25) is 0 Å². The van der Waals surface area contributed by atoms with Crippen LogP contribution in [0.25, 0.3) is 0 Å². The van der Waals surface area contributed by atoms with Crippen LogP contribution in [0.4, 0.5) is 17.6 Å². The molecule has 2 aromatic carbocycles. The molecule has 27 heavy (non-hydrogen) atoms. The van der Waals surface area contributed by atoms with E-state index < -0.39 is 23.3 Å². The van der Waals surface area contributed by atoms with Crippen molar-refractivity contribution in [3.05, 3.63) is 87.7 Å². The average Bonchev–Trinajstić information content (AvgIpc) is 2.63. The summed E-state index contributed by atoms with van der Waals surface area (Å²) < 4.78 is 55.8. The molecule has 3 aromatic rings. The fourth-order valence-corrected chi connectivity index (χ4v) is 3.65. The van der Waals surface area contributed by atoms with Crippen LogP contribution < -0.4 is 0 Å². The first-order valence-corrected chi connectivity index (χ1v) is 9.39. The van der Waals surface area contributed by atoms with Crippen molar-refractivity contribution in [2.45, 2.75) is 24.7 Å². The van der Waals surface area contributed by atoms with Gasteiger partial charge in [0, 0.05) is 28.9 Å². The molecule has 0 radical (unpaired) electrons. The quantitative estimate of drug-likeness (QED) is 0.438. The summed E-state index contributed by atoms with van der Waals surface area (Å²) in [7, 11) is 0. The van der Waals surface area contributed by atoms with E-state index in [2.05, 4.69) is 10.2 Å². The topological polar surface area (TPSA) is 25.8 Å². The van der Waals surface area contributed by atoms with Crippen LogP contribution in [0.3, 0.4) is 0 Å². The van der Waals surface area contributed by atoms with Gasteiger partial charge in [0.25, 0.3) is 0 Å². The van der Waals surface area contributed by atoms with Gasteiger partial charge < -0.3 is 0 Å². The van der Waals surface area contributed by atoms with Crippen molar-refractivity contribution >= 4 is 11.8 Å². The van der Waals surface area contributed by atoms with Gasteiger partial charge in [-0.05, 0) is 43.0 Å². The smallest absolute Gasteiger partial charge is 0.129 e. The van der Waals surface area contributed by atoms with Gasteiger partial charge in [-0.15, -0.1) is 11.8 Å². The summed E-state index contributed by atoms with van der Waals surface area (Å²) in [6.45, 7) is 1.76. The summed E-state index contributed by atoms with van der Waals surface area (Å²) in [6, 6.07) is 7.34. The predicted octanol–water partition coefficient (Wildman–Crippen LogP) is 5.24. The van der Waals surface area contributed by atoms with Crippen molar-refractivity contribution in [2.24, 2.45) is 0 Å². The highest BCUT2D eigenvalue weighted by atomic mass is 32.2. The number of halogens is 4. The van der Waals surface area contributed by atoms with Gasteiger partial charge in [0.15, 0.2) is 0 Å². The van der Waals surface area contributed by atoms with Gasteiger partial charge >= 0.3 is 0 Å². The van der Waals surface area contributed by atoms with E-state index in [1.807, 2.05) is 0 Å². The molecule has 1 aromatic heterocycles. The fourth-order valence-electron chi connectivity index (χ4n) is 2.88. The number of hydrogen-bond acceptors (Lipinski definition) is 3. The van der Waals surface area contributed by atoms with Crippen molar-refractivity contribution in [3.63, 3.8) is 0 Å². The molecule has 0 saturated carbocycles. The van der Waals surface area contributed by atoms with E-state index in [1.54, 1.807) is 13.2 Å². The zero-order valence-electron chi connectivity index (χ0n) is 14.7. The minimum Gasteiger partial charge on any atom is -0.207 e. The third-order valence-corrected chi connectivity index (χ3v) is 5.29. The molecular formula is C20H16F4N2S. The SMILES string of the molecule is CSc1c(Cc2c(F)cccc2F)nnc(Cc2c(F)cccc2F)c1C. The number of thioether (sulfide) groups is 1. The number of nitrogens with zero attached hydrogens (tertiary/aromatic N) is 2. The lowest BCUT2D eigenvalue weighted by molar-refractivity contribution is 0.556. The van der Waals surface area contributed by atoms with E-state index in [1.165, 1.54) is 48.2 Å². The Morgan fingerprint density at radius 2 is 1.15 bits per heavy atom. The van der Waals surface area contributed by atoms with Gasteiger partial charge in [0.1, 0.15) is 23.3 Å². The zero-order chi connectivity index (χ0) is 19.6. The largest absolute Gasteiger partial charge is 0.207 e. The lowest BCUT2D eigenvalue weighted by Crippen LogP contribution is -2.09. The van der Waals surface area contributed by atoms with Crippen molar-refractivity contribution < 1.29 is 17.6 Å². The van der Waals surface area contributed by atoms with E-state index in [0.717, 1.165) is 0 Å². The van der Waals surface area contributed by atoms with E-state index in [-0.39, 0.29) is 24.0 Å². The van der Waals surface area contributed by atoms with Crippen molar-refractivity contribution in [1.29, 1.82) is 0 Å². The third-order valence-electron chi connectivity index (χ3n) is 4.34. The molecule has 0 unspecified atom stereocenters. The number of hydrogen-bond donors (Lipinski definition) is 0. The second-order valence-electron chi connectivity index (χ2n) is 6.01. The maximum atomic E-state index is 13.9. The van der Waals surface area contributed by atoms with Crippen LogP contribution in [0, 0.1) is 30.2 Å². The molecular weight excluding hydrogens is 376 g/mol.